The molecule has 21 heavy (non-hydrogen) atoms. The smallest absolute Gasteiger partial charge is 0.207 e. The van der Waals surface area contributed by atoms with Crippen molar-refractivity contribution < 1.29 is 8.42 Å². The van der Waals surface area contributed by atoms with Gasteiger partial charge in [-0.05, 0) is 29.8 Å². The van der Waals surface area contributed by atoms with Gasteiger partial charge < -0.3 is 0 Å². The van der Waals surface area contributed by atoms with Crippen molar-refractivity contribution in [2.24, 2.45) is 0 Å². The van der Waals surface area contributed by atoms with Crippen LogP contribution >= 0.6 is 23.2 Å². The van der Waals surface area contributed by atoms with Crippen LogP contribution in [0.1, 0.15) is 5.56 Å². The summed E-state index contributed by atoms with van der Waals surface area (Å²) in [6.45, 7) is 0.542. The molecule has 0 aromatic heterocycles. The minimum Gasteiger partial charge on any atom is -0.207 e. The second kappa shape index (κ2) is 7.27. The van der Waals surface area contributed by atoms with E-state index in [4.69, 9.17) is 23.2 Å². The van der Waals surface area contributed by atoms with Crippen molar-refractivity contribution in [1.82, 2.24) is 4.31 Å². The number of alkyl halides is 1. The third-order valence-electron chi connectivity index (χ3n) is 2.99. The van der Waals surface area contributed by atoms with Crippen molar-refractivity contribution in [2.75, 3.05) is 12.4 Å². The lowest BCUT2D eigenvalue weighted by atomic mass is 10.2. The van der Waals surface area contributed by atoms with Gasteiger partial charge in [0.2, 0.25) is 10.0 Å². The van der Waals surface area contributed by atoms with E-state index in [9.17, 15) is 8.42 Å². The van der Waals surface area contributed by atoms with E-state index < -0.39 is 10.0 Å². The third kappa shape index (κ3) is 4.20. The fourth-order valence-electron chi connectivity index (χ4n) is 1.92. The molecule has 112 valence electrons. The van der Waals surface area contributed by atoms with E-state index in [0.29, 0.717) is 11.6 Å². The lowest BCUT2D eigenvalue weighted by molar-refractivity contribution is 0.425. The normalized spacial score (nSPS) is 11.8. The molecular weight excluding hydrogens is 329 g/mol. The topological polar surface area (TPSA) is 37.4 Å². The Morgan fingerprint density at radius 3 is 2.14 bits per heavy atom. The number of hydrogen-bond donors (Lipinski definition) is 0. The number of rotatable bonds is 6. The van der Waals surface area contributed by atoms with Gasteiger partial charge in [-0.25, -0.2) is 8.42 Å². The maximum absolute atomic E-state index is 12.7. The highest BCUT2D eigenvalue weighted by molar-refractivity contribution is 7.89. The number of benzene rings is 2. The summed E-state index contributed by atoms with van der Waals surface area (Å²) < 4.78 is 26.7. The van der Waals surface area contributed by atoms with Crippen molar-refractivity contribution >= 4 is 33.2 Å². The van der Waals surface area contributed by atoms with Gasteiger partial charge in [0.1, 0.15) is 0 Å². The van der Waals surface area contributed by atoms with Crippen LogP contribution in [0.5, 0.6) is 0 Å². The zero-order valence-electron chi connectivity index (χ0n) is 11.2. The molecule has 0 amide bonds. The summed E-state index contributed by atoms with van der Waals surface area (Å²) in [5.74, 6) is 0.236. The quantitative estimate of drug-likeness (QED) is 0.748. The first-order valence-electron chi connectivity index (χ1n) is 6.39. The predicted molar refractivity (Wildman–Crippen MR) is 86.2 cm³/mol. The molecular formula is C15H15Cl2NO2S. The largest absolute Gasteiger partial charge is 0.243 e. The van der Waals surface area contributed by atoms with Gasteiger partial charge >= 0.3 is 0 Å². The highest BCUT2D eigenvalue weighted by atomic mass is 35.5. The van der Waals surface area contributed by atoms with Gasteiger partial charge in [-0.3, -0.25) is 0 Å². The molecule has 0 aliphatic heterocycles. The van der Waals surface area contributed by atoms with Crippen LogP contribution in [0.4, 0.5) is 0 Å². The standard InChI is InChI=1S/C15H15Cl2NO2S/c16-10-11-18(12-13-4-2-1-3-5-13)21(19,20)15-8-6-14(17)7-9-15/h1-9H,10-12H2. The van der Waals surface area contributed by atoms with E-state index >= 15 is 0 Å². The summed E-state index contributed by atoms with van der Waals surface area (Å²) >= 11 is 11.6. The minimum atomic E-state index is -3.59. The summed E-state index contributed by atoms with van der Waals surface area (Å²) in [6.07, 6.45) is 0. The van der Waals surface area contributed by atoms with E-state index in [1.807, 2.05) is 30.3 Å². The molecule has 2 aromatic carbocycles. The molecule has 0 atom stereocenters. The SMILES string of the molecule is O=S(=O)(c1ccc(Cl)cc1)N(CCCl)Cc1ccccc1. The summed E-state index contributed by atoms with van der Waals surface area (Å²) in [7, 11) is -3.59. The van der Waals surface area contributed by atoms with Crippen molar-refractivity contribution in [2.45, 2.75) is 11.4 Å². The lowest BCUT2D eigenvalue weighted by Crippen LogP contribution is -2.32. The number of nitrogens with zero attached hydrogens (tertiary/aromatic N) is 1. The number of hydrogen-bond acceptors (Lipinski definition) is 2. The monoisotopic (exact) mass is 343 g/mol. The molecule has 2 rings (SSSR count). The summed E-state index contributed by atoms with van der Waals surface area (Å²) in [4.78, 5) is 0.216. The van der Waals surface area contributed by atoms with E-state index in [0.717, 1.165) is 5.56 Å². The molecule has 0 fully saturated rings. The van der Waals surface area contributed by atoms with Gasteiger partial charge in [-0.1, -0.05) is 41.9 Å². The van der Waals surface area contributed by atoms with Gasteiger partial charge in [0.15, 0.2) is 0 Å². The van der Waals surface area contributed by atoms with Crippen LogP contribution in [0.3, 0.4) is 0 Å². The number of sulfonamides is 1. The van der Waals surface area contributed by atoms with Crippen molar-refractivity contribution in [3.8, 4) is 0 Å². The molecule has 0 radical (unpaired) electrons. The second-order valence-corrected chi connectivity index (χ2v) is 7.22. The van der Waals surface area contributed by atoms with Crippen LogP contribution in [0.15, 0.2) is 59.5 Å². The van der Waals surface area contributed by atoms with Crippen LogP contribution in [0, 0.1) is 0 Å². The van der Waals surface area contributed by atoms with Gasteiger partial charge in [-0.15, -0.1) is 11.6 Å². The predicted octanol–water partition coefficient (Wildman–Crippen LogP) is 3.77. The van der Waals surface area contributed by atoms with Crippen molar-refractivity contribution in [1.29, 1.82) is 0 Å². The van der Waals surface area contributed by atoms with Crippen molar-refractivity contribution in [3.05, 3.63) is 65.2 Å². The molecule has 0 saturated carbocycles. The van der Waals surface area contributed by atoms with Crippen LogP contribution < -0.4 is 0 Å². The van der Waals surface area contributed by atoms with E-state index in [-0.39, 0.29) is 17.3 Å². The summed E-state index contributed by atoms with van der Waals surface area (Å²) in [5, 5.41) is 0.501. The Morgan fingerprint density at radius 1 is 0.952 bits per heavy atom. The maximum Gasteiger partial charge on any atom is 0.243 e. The zero-order chi connectivity index (χ0) is 15.3. The average Bonchev–Trinajstić information content (AvgIpc) is 2.48. The average molecular weight is 344 g/mol. The zero-order valence-corrected chi connectivity index (χ0v) is 13.6. The van der Waals surface area contributed by atoms with E-state index in [1.54, 1.807) is 12.1 Å². The minimum absolute atomic E-state index is 0.216. The van der Waals surface area contributed by atoms with Crippen LogP contribution in [-0.4, -0.2) is 25.1 Å². The van der Waals surface area contributed by atoms with Gasteiger partial charge in [-0.2, -0.15) is 4.31 Å². The second-order valence-electron chi connectivity index (χ2n) is 4.47. The molecule has 0 aliphatic carbocycles. The molecule has 0 saturated heterocycles. The lowest BCUT2D eigenvalue weighted by Gasteiger charge is -2.21. The Morgan fingerprint density at radius 2 is 1.57 bits per heavy atom. The summed E-state index contributed by atoms with van der Waals surface area (Å²) in [6, 6.07) is 15.6. The Labute approximate surface area is 135 Å². The van der Waals surface area contributed by atoms with Crippen LogP contribution in [0.25, 0.3) is 0 Å². The maximum atomic E-state index is 12.7. The first kappa shape index (κ1) is 16.3. The molecule has 2 aromatic rings. The highest BCUT2D eigenvalue weighted by Crippen LogP contribution is 2.20. The first-order chi connectivity index (χ1) is 10.0. The summed E-state index contributed by atoms with van der Waals surface area (Å²) in [5.41, 5.74) is 0.917. The van der Waals surface area contributed by atoms with E-state index in [2.05, 4.69) is 0 Å². The van der Waals surface area contributed by atoms with Crippen LogP contribution in [-0.2, 0) is 16.6 Å². The molecule has 0 spiro atoms. The van der Waals surface area contributed by atoms with Gasteiger partial charge in [0.05, 0.1) is 4.90 Å². The van der Waals surface area contributed by atoms with Gasteiger partial charge in [0, 0.05) is 24.0 Å². The van der Waals surface area contributed by atoms with Crippen LogP contribution in [0.2, 0.25) is 5.02 Å². The Kier molecular flexibility index (Phi) is 5.65. The fourth-order valence-corrected chi connectivity index (χ4v) is 3.78. The Balaban J connectivity index is 2.30. The fraction of sp³-hybridized carbons (Fsp3) is 0.200. The number of halogens is 2. The Bertz CT molecular complexity index is 673. The first-order valence-corrected chi connectivity index (χ1v) is 8.75. The third-order valence-corrected chi connectivity index (χ3v) is 5.27. The molecule has 0 aliphatic rings. The highest BCUT2D eigenvalue weighted by Gasteiger charge is 2.24. The van der Waals surface area contributed by atoms with Crippen molar-refractivity contribution in [3.63, 3.8) is 0 Å². The molecule has 0 unspecified atom stereocenters. The molecule has 0 heterocycles. The van der Waals surface area contributed by atoms with Gasteiger partial charge in [0.25, 0.3) is 0 Å². The molecule has 6 heteroatoms. The molecule has 0 bridgehead atoms. The Hall–Kier alpha value is -1.07. The molecule has 0 N–H and O–H groups in total. The van der Waals surface area contributed by atoms with E-state index in [1.165, 1.54) is 16.4 Å². The molecule has 3 nitrogen and oxygen atoms in total.